The highest BCUT2D eigenvalue weighted by atomic mass is 16.4. The summed E-state index contributed by atoms with van der Waals surface area (Å²) in [6, 6.07) is 40.0. The van der Waals surface area contributed by atoms with E-state index >= 15 is 0 Å². The molecule has 0 aliphatic rings. The van der Waals surface area contributed by atoms with Crippen molar-refractivity contribution in [3.8, 4) is 45.2 Å². The largest absolute Gasteiger partial charge is 0.416 e. The summed E-state index contributed by atoms with van der Waals surface area (Å²) in [6.45, 7) is 6.58. The molecular formula is C37H29N3O. The van der Waals surface area contributed by atoms with E-state index in [1.165, 1.54) is 32.7 Å². The van der Waals surface area contributed by atoms with Gasteiger partial charge in [0.2, 0.25) is 11.8 Å². The molecule has 7 rings (SSSR count). The minimum atomic E-state index is 0.00300. The smallest absolute Gasteiger partial charge is 0.248 e. The number of benzene rings is 5. The van der Waals surface area contributed by atoms with E-state index in [9.17, 15) is 0 Å². The van der Waals surface area contributed by atoms with Gasteiger partial charge in [0, 0.05) is 34.0 Å². The molecule has 0 spiro atoms. The van der Waals surface area contributed by atoms with Crippen molar-refractivity contribution >= 4 is 21.5 Å². The zero-order valence-corrected chi connectivity index (χ0v) is 23.3. The standard InChI is InChI=1S/C37H29N3O/c1-37(2,3)32-22-21-27(23-38-32)34-30-15-9-7-13-28(30)33(29-14-8-10-16-31(29)34)24-17-19-26(20-18-24)36-40-39-35(41-36)25-11-5-4-6-12-25/h4-23H,1-3H3. The predicted molar refractivity (Wildman–Crippen MR) is 168 cm³/mol. The number of pyridine rings is 1. The van der Waals surface area contributed by atoms with Crippen LogP contribution in [0.1, 0.15) is 26.5 Å². The fourth-order valence-corrected chi connectivity index (χ4v) is 5.55. The summed E-state index contributed by atoms with van der Waals surface area (Å²) in [5.41, 5.74) is 7.56. The van der Waals surface area contributed by atoms with Crippen molar-refractivity contribution < 1.29 is 4.42 Å². The molecule has 0 saturated carbocycles. The maximum atomic E-state index is 6.01. The van der Waals surface area contributed by atoms with Gasteiger partial charge in [-0.05, 0) is 68.6 Å². The number of rotatable bonds is 4. The van der Waals surface area contributed by atoms with Gasteiger partial charge in [0.05, 0.1) is 0 Å². The van der Waals surface area contributed by atoms with Crippen LogP contribution in [0.4, 0.5) is 0 Å². The molecule has 0 radical (unpaired) electrons. The van der Waals surface area contributed by atoms with Gasteiger partial charge in [-0.25, -0.2) is 0 Å². The normalized spacial score (nSPS) is 11.8. The van der Waals surface area contributed by atoms with E-state index in [0.29, 0.717) is 11.8 Å². The van der Waals surface area contributed by atoms with E-state index in [4.69, 9.17) is 9.40 Å². The molecular weight excluding hydrogens is 502 g/mol. The summed E-state index contributed by atoms with van der Waals surface area (Å²) in [6.07, 6.45) is 2.03. The predicted octanol–water partition coefficient (Wildman–Crippen LogP) is 9.74. The van der Waals surface area contributed by atoms with Crippen LogP contribution in [0.2, 0.25) is 0 Å². The Labute approximate surface area is 239 Å². The molecule has 7 aromatic rings. The Morgan fingerprint density at radius 2 is 0.902 bits per heavy atom. The molecule has 198 valence electrons. The van der Waals surface area contributed by atoms with Gasteiger partial charge in [-0.1, -0.05) is 106 Å². The topological polar surface area (TPSA) is 51.8 Å². The first kappa shape index (κ1) is 24.9. The van der Waals surface area contributed by atoms with Gasteiger partial charge in [0.15, 0.2) is 0 Å². The lowest BCUT2D eigenvalue weighted by Crippen LogP contribution is -2.12. The van der Waals surface area contributed by atoms with Gasteiger partial charge in [0.25, 0.3) is 0 Å². The molecule has 5 aromatic carbocycles. The Bertz CT molecular complexity index is 1940. The molecule has 41 heavy (non-hydrogen) atoms. The van der Waals surface area contributed by atoms with Crippen molar-refractivity contribution in [1.29, 1.82) is 0 Å². The van der Waals surface area contributed by atoms with Crippen molar-refractivity contribution in [3.05, 3.63) is 127 Å². The third kappa shape index (κ3) is 4.48. The van der Waals surface area contributed by atoms with Crippen molar-refractivity contribution in [3.63, 3.8) is 0 Å². The Kier molecular flexibility index (Phi) is 5.97. The third-order valence-electron chi connectivity index (χ3n) is 7.62. The van der Waals surface area contributed by atoms with Crippen LogP contribution in [-0.4, -0.2) is 15.2 Å². The van der Waals surface area contributed by atoms with Gasteiger partial charge < -0.3 is 4.42 Å². The van der Waals surface area contributed by atoms with E-state index < -0.39 is 0 Å². The van der Waals surface area contributed by atoms with Crippen LogP contribution in [0.3, 0.4) is 0 Å². The van der Waals surface area contributed by atoms with Gasteiger partial charge in [0.1, 0.15) is 0 Å². The van der Waals surface area contributed by atoms with E-state index in [-0.39, 0.29) is 5.41 Å². The van der Waals surface area contributed by atoms with Crippen molar-refractivity contribution in [1.82, 2.24) is 15.2 Å². The molecule has 0 N–H and O–H groups in total. The Morgan fingerprint density at radius 1 is 0.463 bits per heavy atom. The molecule has 0 fully saturated rings. The summed E-state index contributed by atoms with van der Waals surface area (Å²) in [5.74, 6) is 1.02. The average Bonchev–Trinajstić information content (AvgIpc) is 3.51. The van der Waals surface area contributed by atoms with Gasteiger partial charge >= 0.3 is 0 Å². The third-order valence-corrected chi connectivity index (χ3v) is 7.62. The first-order valence-electron chi connectivity index (χ1n) is 13.9. The zero-order valence-electron chi connectivity index (χ0n) is 23.3. The average molecular weight is 532 g/mol. The van der Waals surface area contributed by atoms with Gasteiger partial charge in [-0.3, -0.25) is 4.98 Å². The second kappa shape index (κ2) is 9.83. The molecule has 0 saturated heterocycles. The highest BCUT2D eigenvalue weighted by Gasteiger charge is 2.19. The number of fused-ring (bicyclic) bond motifs is 2. The van der Waals surface area contributed by atoms with Crippen LogP contribution in [0.15, 0.2) is 126 Å². The van der Waals surface area contributed by atoms with Crippen LogP contribution in [-0.2, 0) is 5.41 Å². The Hall–Kier alpha value is -5.09. The number of aromatic nitrogens is 3. The van der Waals surface area contributed by atoms with Crippen LogP contribution in [0.25, 0.3) is 66.7 Å². The summed E-state index contributed by atoms with van der Waals surface area (Å²) in [4.78, 5) is 4.86. The Morgan fingerprint density at radius 3 is 1.39 bits per heavy atom. The van der Waals surface area contributed by atoms with Crippen molar-refractivity contribution in [2.75, 3.05) is 0 Å². The fraction of sp³-hybridized carbons (Fsp3) is 0.108. The molecule has 0 bridgehead atoms. The summed E-state index contributed by atoms with van der Waals surface area (Å²) < 4.78 is 6.01. The first-order chi connectivity index (χ1) is 20.0. The number of hydrogen-bond acceptors (Lipinski definition) is 4. The highest BCUT2D eigenvalue weighted by molar-refractivity contribution is 6.21. The molecule has 0 aliphatic heterocycles. The molecule has 2 aromatic heterocycles. The SMILES string of the molecule is CC(C)(C)c1ccc(-c2c3ccccc3c(-c3ccc(-c4nnc(-c5ccccc5)o4)cc3)c3ccccc23)cn1. The van der Waals surface area contributed by atoms with Crippen LogP contribution < -0.4 is 0 Å². The minimum absolute atomic E-state index is 0.00300. The minimum Gasteiger partial charge on any atom is -0.416 e. The van der Waals surface area contributed by atoms with Crippen molar-refractivity contribution in [2.45, 2.75) is 26.2 Å². The quantitative estimate of drug-likeness (QED) is 0.212. The van der Waals surface area contributed by atoms with E-state index in [1.54, 1.807) is 0 Å². The van der Waals surface area contributed by atoms with Crippen LogP contribution in [0, 0.1) is 0 Å². The molecule has 0 unspecified atom stereocenters. The van der Waals surface area contributed by atoms with E-state index in [1.807, 2.05) is 36.5 Å². The Balaban J connectivity index is 1.36. The summed E-state index contributed by atoms with van der Waals surface area (Å²) in [5, 5.41) is 13.4. The van der Waals surface area contributed by atoms with Crippen molar-refractivity contribution in [2.24, 2.45) is 0 Å². The molecule has 0 aliphatic carbocycles. The molecule has 4 nitrogen and oxygen atoms in total. The maximum Gasteiger partial charge on any atom is 0.248 e. The number of hydrogen-bond donors (Lipinski definition) is 0. The second-order valence-electron chi connectivity index (χ2n) is 11.4. The lowest BCUT2D eigenvalue weighted by atomic mass is 9.85. The second-order valence-corrected chi connectivity index (χ2v) is 11.4. The highest BCUT2D eigenvalue weighted by Crippen LogP contribution is 2.43. The molecule has 0 atom stereocenters. The van der Waals surface area contributed by atoms with Crippen LogP contribution in [0.5, 0.6) is 0 Å². The monoisotopic (exact) mass is 531 g/mol. The lowest BCUT2D eigenvalue weighted by Gasteiger charge is -2.20. The van der Waals surface area contributed by atoms with Crippen LogP contribution >= 0.6 is 0 Å². The maximum absolute atomic E-state index is 6.01. The number of nitrogens with zero attached hydrogens (tertiary/aromatic N) is 3. The van der Waals surface area contributed by atoms with E-state index in [2.05, 4.69) is 116 Å². The van der Waals surface area contributed by atoms with E-state index in [0.717, 1.165) is 27.9 Å². The first-order valence-corrected chi connectivity index (χ1v) is 13.9. The van der Waals surface area contributed by atoms with Gasteiger partial charge in [-0.15, -0.1) is 10.2 Å². The lowest BCUT2D eigenvalue weighted by molar-refractivity contribution is 0.569. The zero-order chi connectivity index (χ0) is 28.0. The van der Waals surface area contributed by atoms with Gasteiger partial charge in [-0.2, -0.15) is 0 Å². The fourth-order valence-electron chi connectivity index (χ4n) is 5.55. The molecule has 2 heterocycles. The molecule has 4 heteroatoms. The summed E-state index contributed by atoms with van der Waals surface area (Å²) >= 11 is 0. The summed E-state index contributed by atoms with van der Waals surface area (Å²) in [7, 11) is 0. The molecule has 0 amide bonds.